The monoisotopic (exact) mass is 245 g/mol. The molecule has 0 heterocycles. The van der Waals surface area contributed by atoms with Crippen molar-refractivity contribution < 1.29 is 9.53 Å². The number of ether oxygens (including phenoxy) is 1. The molecule has 1 atom stereocenters. The fraction of sp³-hybridized carbons (Fsp3) is 0.917. The van der Waals surface area contributed by atoms with Gasteiger partial charge in [-0.05, 0) is 26.1 Å². The number of carbonyl (C=O) groups is 1. The zero-order chi connectivity index (χ0) is 13.1. The van der Waals surface area contributed by atoms with Crippen LogP contribution in [0.4, 0.5) is 0 Å². The van der Waals surface area contributed by atoms with Gasteiger partial charge in [0.15, 0.2) is 0 Å². The molecule has 0 spiro atoms. The molecule has 3 N–H and O–H groups in total. The average Bonchev–Trinajstić information content (AvgIpc) is 2.36. The highest BCUT2D eigenvalue weighted by Gasteiger charge is 2.10. The smallest absolute Gasteiger partial charge is 0.222 e. The summed E-state index contributed by atoms with van der Waals surface area (Å²) in [5, 5.41) is 2.88. The molecule has 0 fully saturated rings. The van der Waals surface area contributed by atoms with E-state index in [2.05, 4.69) is 24.1 Å². The van der Waals surface area contributed by atoms with Crippen molar-refractivity contribution in [3.8, 4) is 0 Å². The summed E-state index contributed by atoms with van der Waals surface area (Å²) in [5.74, 6) is 0.0156. The molecule has 1 unspecified atom stereocenters. The summed E-state index contributed by atoms with van der Waals surface area (Å²) in [7, 11) is 1.57. The molecule has 0 aromatic heterocycles. The molecule has 0 aromatic carbocycles. The molecular formula is C12H27N3O2. The standard InChI is InChI=1S/C12H27N3O2/c1-4-15(5-2)8-6-7-14-12(16)9-11(10-13)17-3/h11H,4-10,13H2,1-3H3,(H,14,16). The Kier molecular flexibility index (Phi) is 10.1. The van der Waals surface area contributed by atoms with Crippen LogP contribution in [0.3, 0.4) is 0 Å². The Balaban J connectivity index is 3.57. The number of hydrogen-bond acceptors (Lipinski definition) is 4. The molecule has 1 amide bonds. The first kappa shape index (κ1) is 16.4. The van der Waals surface area contributed by atoms with Gasteiger partial charge < -0.3 is 20.7 Å². The number of nitrogens with one attached hydrogen (secondary N) is 1. The van der Waals surface area contributed by atoms with Gasteiger partial charge in [-0.1, -0.05) is 13.8 Å². The van der Waals surface area contributed by atoms with E-state index in [1.165, 1.54) is 0 Å². The molecule has 17 heavy (non-hydrogen) atoms. The molecule has 0 aromatic rings. The summed E-state index contributed by atoms with van der Waals surface area (Å²) in [6.45, 7) is 8.53. The van der Waals surface area contributed by atoms with Gasteiger partial charge in [-0.3, -0.25) is 4.79 Å². The predicted octanol–water partition coefficient (Wildman–Crippen LogP) is 0.198. The Hall–Kier alpha value is -0.650. The van der Waals surface area contributed by atoms with Crippen LogP contribution in [0.15, 0.2) is 0 Å². The van der Waals surface area contributed by atoms with Crippen molar-refractivity contribution in [2.24, 2.45) is 5.73 Å². The second kappa shape index (κ2) is 10.5. The molecule has 0 aliphatic carbocycles. The highest BCUT2D eigenvalue weighted by molar-refractivity contribution is 5.76. The van der Waals surface area contributed by atoms with Crippen molar-refractivity contribution >= 4 is 5.91 Å². The summed E-state index contributed by atoms with van der Waals surface area (Å²) >= 11 is 0. The maximum absolute atomic E-state index is 11.5. The van der Waals surface area contributed by atoms with Crippen molar-refractivity contribution in [2.45, 2.75) is 32.8 Å². The maximum atomic E-state index is 11.5. The van der Waals surface area contributed by atoms with Crippen LogP contribution in [0, 0.1) is 0 Å². The van der Waals surface area contributed by atoms with E-state index in [9.17, 15) is 4.79 Å². The lowest BCUT2D eigenvalue weighted by atomic mass is 10.2. The van der Waals surface area contributed by atoms with Gasteiger partial charge in [-0.25, -0.2) is 0 Å². The number of nitrogens with two attached hydrogens (primary N) is 1. The van der Waals surface area contributed by atoms with Gasteiger partial charge in [0.2, 0.25) is 5.91 Å². The van der Waals surface area contributed by atoms with E-state index in [-0.39, 0.29) is 12.0 Å². The number of methoxy groups -OCH3 is 1. The van der Waals surface area contributed by atoms with Crippen LogP contribution in [-0.4, -0.2) is 56.7 Å². The van der Waals surface area contributed by atoms with Gasteiger partial charge >= 0.3 is 0 Å². The third kappa shape index (κ3) is 8.12. The van der Waals surface area contributed by atoms with Crippen LogP contribution in [0.5, 0.6) is 0 Å². The fourth-order valence-corrected chi connectivity index (χ4v) is 1.61. The molecule has 0 rings (SSSR count). The van der Waals surface area contributed by atoms with E-state index < -0.39 is 0 Å². The summed E-state index contributed by atoms with van der Waals surface area (Å²) in [6, 6.07) is 0. The molecule has 0 aliphatic rings. The maximum Gasteiger partial charge on any atom is 0.222 e. The second-order valence-electron chi connectivity index (χ2n) is 4.03. The van der Waals surface area contributed by atoms with Gasteiger partial charge in [0.1, 0.15) is 0 Å². The molecule has 102 valence electrons. The number of carbonyl (C=O) groups excluding carboxylic acids is 1. The lowest BCUT2D eigenvalue weighted by Crippen LogP contribution is -2.34. The fourth-order valence-electron chi connectivity index (χ4n) is 1.61. The normalized spacial score (nSPS) is 12.8. The van der Waals surface area contributed by atoms with E-state index in [0.717, 1.165) is 32.6 Å². The predicted molar refractivity (Wildman–Crippen MR) is 69.9 cm³/mol. The molecule has 0 radical (unpaired) electrons. The van der Waals surface area contributed by atoms with Gasteiger partial charge in [0.05, 0.1) is 12.5 Å². The summed E-state index contributed by atoms with van der Waals surface area (Å²) in [5.41, 5.74) is 5.45. The molecular weight excluding hydrogens is 218 g/mol. The van der Waals surface area contributed by atoms with Gasteiger partial charge in [-0.15, -0.1) is 0 Å². The van der Waals surface area contributed by atoms with Crippen molar-refractivity contribution in [1.29, 1.82) is 0 Å². The Labute approximate surface area is 105 Å². The topological polar surface area (TPSA) is 67.6 Å². The van der Waals surface area contributed by atoms with Crippen molar-refractivity contribution in [3.05, 3.63) is 0 Å². The van der Waals surface area contributed by atoms with Crippen molar-refractivity contribution in [2.75, 3.05) is 39.8 Å². The summed E-state index contributed by atoms with van der Waals surface area (Å²) in [4.78, 5) is 13.8. The Morgan fingerprint density at radius 2 is 2.06 bits per heavy atom. The first-order chi connectivity index (χ1) is 8.17. The largest absolute Gasteiger partial charge is 0.380 e. The highest BCUT2D eigenvalue weighted by Crippen LogP contribution is 1.95. The Bertz CT molecular complexity index is 192. The Morgan fingerprint density at radius 3 is 2.53 bits per heavy atom. The van der Waals surface area contributed by atoms with Crippen LogP contribution in [0.2, 0.25) is 0 Å². The zero-order valence-electron chi connectivity index (χ0n) is 11.4. The van der Waals surface area contributed by atoms with Crippen LogP contribution in [0.25, 0.3) is 0 Å². The molecule has 0 saturated carbocycles. The van der Waals surface area contributed by atoms with Gasteiger partial charge in [0, 0.05) is 20.2 Å². The first-order valence-electron chi connectivity index (χ1n) is 6.39. The van der Waals surface area contributed by atoms with E-state index >= 15 is 0 Å². The molecule has 0 aliphatic heterocycles. The van der Waals surface area contributed by atoms with Gasteiger partial charge in [-0.2, -0.15) is 0 Å². The number of hydrogen-bond donors (Lipinski definition) is 2. The molecule has 5 nitrogen and oxygen atoms in total. The number of rotatable bonds is 10. The van der Waals surface area contributed by atoms with Crippen LogP contribution in [-0.2, 0) is 9.53 Å². The van der Waals surface area contributed by atoms with Crippen molar-refractivity contribution in [1.82, 2.24) is 10.2 Å². The lowest BCUT2D eigenvalue weighted by molar-refractivity contribution is -0.123. The van der Waals surface area contributed by atoms with Crippen LogP contribution < -0.4 is 11.1 Å². The van der Waals surface area contributed by atoms with Crippen LogP contribution in [0.1, 0.15) is 26.7 Å². The summed E-state index contributed by atoms with van der Waals surface area (Å²) in [6.07, 6.45) is 1.16. The zero-order valence-corrected chi connectivity index (χ0v) is 11.4. The average molecular weight is 245 g/mol. The lowest BCUT2D eigenvalue weighted by Gasteiger charge is -2.18. The number of nitrogens with zero attached hydrogens (tertiary/aromatic N) is 1. The molecule has 0 saturated heterocycles. The van der Waals surface area contributed by atoms with E-state index in [1.807, 2.05) is 0 Å². The minimum atomic E-state index is -0.169. The Morgan fingerprint density at radius 1 is 1.41 bits per heavy atom. The SMILES string of the molecule is CCN(CC)CCCNC(=O)CC(CN)OC. The third-order valence-electron chi connectivity index (χ3n) is 2.88. The van der Waals surface area contributed by atoms with Gasteiger partial charge in [0.25, 0.3) is 0 Å². The third-order valence-corrected chi connectivity index (χ3v) is 2.88. The first-order valence-corrected chi connectivity index (χ1v) is 6.39. The molecule has 5 heteroatoms. The number of amides is 1. The second-order valence-corrected chi connectivity index (χ2v) is 4.03. The highest BCUT2D eigenvalue weighted by atomic mass is 16.5. The minimum Gasteiger partial charge on any atom is -0.380 e. The summed E-state index contributed by atoms with van der Waals surface area (Å²) < 4.78 is 5.06. The van der Waals surface area contributed by atoms with Crippen molar-refractivity contribution in [3.63, 3.8) is 0 Å². The van der Waals surface area contributed by atoms with E-state index in [1.54, 1.807) is 7.11 Å². The quantitative estimate of drug-likeness (QED) is 0.540. The van der Waals surface area contributed by atoms with Crippen LogP contribution >= 0.6 is 0 Å². The van der Waals surface area contributed by atoms with E-state index in [4.69, 9.17) is 10.5 Å². The minimum absolute atomic E-state index is 0.0156. The van der Waals surface area contributed by atoms with E-state index in [0.29, 0.717) is 13.0 Å². The molecule has 0 bridgehead atoms.